The number of ether oxygens (including phenoxy) is 2. The summed E-state index contributed by atoms with van der Waals surface area (Å²) in [6.45, 7) is 2.42. The molecule has 3 aromatic carbocycles. The average molecular weight is 529 g/mol. The number of benzene rings is 3. The third kappa shape index (κ3) is 7.85. The molecule has 3 aromatic rings. The molecular formula is C33H40N2O4. The van der Waals surface area contributed by atoms with E-state index in [1.165, 1.54) is 0 Å². The molecule has 1 fully saturated rings. The minimum Gasteiger partial charge on any atom is -0.493 e. The lowest BCUT2D eigenvalue weighted by molar-refractivity contribution is -0.141. The van der Waals surface area contributed by atoms with Crippen LogP contribution in [0.1, 0.15) is 54.4 Å². The van der Waals surface area contributed by atoms with Gasteiger partial charge >= 0.3 is 0 Å². The van der Waals surface area contributed by atoms with Crippen LogP contribution in [0, 0.1) is 6.92 Å². The van der Waals surface area contributed by atoms with Crippen LogP contribution in [-0.2, 0) is 29.0 Å². The van der Waals surface area contributed by atoms with E-state index in [4.69, 9.17) is 9.47 Å². The van der Waals surface area contributed by atoms with Crippen LogP contribution >= 0.6 is 0 Å². The first-order chi connectivity index (χ1) is 19.0. The van der Waals surface area contributed by atoms with Crippen LogP contribution in [0.3, 0.4) is 0 Å². The monoisotopic (exact) mass is 528 g/mol. The van der Waals surface area contributed by atoms with Gasteiger partial charge in [-0.3, -0.25) is 9.59 Å². The van der Waals surface area contributed by atoms with Crippen LogP contribution in [0.5, 0.6) is 11.5 Å². The third-order valence-corrected chi connectivity index (χ3v) is 7.52. The summed E-state index contributed by atoms with van der Waals surface area (Å²) in [5.74, 6) is 1.17. The maximum Gasteiger partial charge on any atom is 0.243 e. The smallest absolute Gasteiger partial charge is 0.243 e. The van der Waals surface area contributed by atoms with E-state index in [2.05, 4.69) is 5.32 Å². The summed E-state index contributed by atoms with van der Waals surface area (Å²) in [7, 11) is 3.21. The van der Waals surface area contributed by atoms with E-state index in [9.17, 15) is 9.59 Å². The summed E-state index contributed by atoms with van der Waals surface area (Å²) < 4.78 is 10.8. The first-order valence-corrected chi connectivity index (χ1v) is 13.9. The molecule has 1 saturated carbocycles. The van der Waals surface area contributed by atoms with Crippen LogP contribution < -0.4 is 14.8 Å². The number of nitrogens with one attached hydrogen (secondary N) is 1. The van der Waals surface area contributed by atoms with E-state index in [-0.39, 0.29) is 24.3 Å². The van der Waals surface area contributed by atoms with Crippen molar-refractivity contribution >= 4 is 11.8 Å². The fourth-order valence-corrected chi connectivity index (χ4v) is 5.24. The van der Waals surface area contributed by atoms with Crippen molar-refractivity contribution in [2.75, 3.05) is 14.2 Å². The Labute approximate surface area is 232 Å². The third-order valence-electron chi connectivity index (χ3n) is 7.52. The highest BCUT2D eigenvalue weighted by molar-refractivity contribution is 5.88. The molecule has 6 heteroatoms. The quantitative estimate of drug-likeness (QED) is 0.330. The Morgan fingerprint density at radius 3 is 2.21 bits per heavy atom. The molecule has 1 unspecified atom stereocenters. The van der Waals surface area contributed by atoms with Crippen LogP contribution in [-0.4, -0.2) is 43.0 Å². The lowest BCUT2D eigenvalue weighted by Crippen LogP contribution is -2.52. The predicted molar refractivity (Wildman–Crippen MR) is 154 cm³/mol. The van der Waals surface area contributed by atoms with Crippen LogP contribution in [0.4, 0.5) is 0 Å². The Morgan fingerprint density at radius 1 is 0.872 bits per heavy atom. The SMILES string of the molecule is COc1ccc(CCC(=O)N(Cc2ccc(C)cc2)C(Cc2ccccc2)C(=O)NC2CCCC2)cc1OC. The molecule has 0 aromatic heterocycles. The number of aryl methyl sites for hydroxylation is 2. The van der Waals surface area contributed by atoms with Crippen LogP contribution in [0.25, 0.3) is 0 Å². The zero-order valence-corrected chi connectivity index (χ0v) is 23.3. The van der Waals surface area contributed by atoms with Gasteiger partial charge in [0.05, 0.1) is 14.2 Å². The zero-order valence-electron chi connectivity index (χ0n) is 23.3. The van der Waals surface area contributed by atoms with Gasteiger partial charge in [-0.1, -0.05) is 79.1 Å². The number of rotatable bonds is 12. The number of hydrogen-bond acceptors (Lipinski definition) is 4. The molecule has 0 spiro atoms. The molecular weight excluding hydrogens is 488 g/mol. The fraction of sp³-hybridized carbons (Fsp3) is 0.394. The van der Waals surface area contributed by atoms with E-state index in [0.29, 0.717) is 30.9 Å². The topological polar surface area (TPSA) is 67.9 Å². The van der Waals surface area contributed by atoms with Crippen molar-refractivity contribution in [3.05, 3.63) is 95.1 Å². The molecule has 39 heavy (non-hydrogen) atoms. The minimum atomic E-state index is -0.604. The molecule has 1 atom stereocenters. The van der Waals surface area contributed by atoms with Gasteiger partial charge in [0, 0.05) is 25.4 Å². The maximum atomic E-state index is 13.9. The van der Waals surface area contributed by atoms with Crippen molar-refractivity contribution in [1.82, 2.24) is 10.2 Å². The molecule has 6 nitrogen and oxygen atoms in total. The van der Waals surface area contributed by atoms with Crippen molar-refractivity contribution in [3.63, 3.8) is 0 Å². The molecule has 2 amide bonds. The summed E-state index contributed by atoms with van der Waals surface area (Å²) in [5.41, 5.74) is 4.17. The van der Waals surface area contributed by atoms with Gasteiger partial charge in [0.1, 0.15) is 6.04 Å². The van der Waals surface area contributed by atoms with E-state index >= 15 is 0 Å². The zero-order chi connectivity index (χ0) is 27.6. The van der Waals surface area contributed by atoms with Crippen molar-refractivity contribution < 1.29 is 19.1 Å². The second-order valence-corrected chi connectivity index (χ2v) is 10.4. The predicted octanol–water partition coefficient (Wildman–Crippen LogP) is 5.64. The lowest BCUT2D eigenvalue weighted by atomic mass is 10.0. The molecule has 0 aliphatic heterocycles. The van der Waals surface area contributed by atoms with Gasteiger partial charge in [0.25, 0.3) is 0 Å². The van der Waals surface area contributed by atoms with Crippen LogP contribution in [0.15, 0.2) is 72.8 Å². The Hall–Kier alpha value is -3.80. The van der Waals surface area contributed by atoms with Gasteiger partial charge in [0.2, 0.25) is 11.8 Å². The molecule has 0 bridgehead atoms. The van der Waals surface area contributed by atoms with E-state index in [0.717, 1.165) is 47.9 Å². The van der Waals surface area contributed by atoms with Gasteiger partial charge in [-0.2, -0.15) is 0 Å². The average Bonchev–Trinajstić information content (AvgIpc) is 3.48. The van der Waals surface area contributed by atoms with Crippen molar-refractivity contribution in [2.45, 2.75) is 70.5 Å². The van der Waals surface area contributed by atoms with Crippen molar-refractivity contribution in [2.24, 2.45) is 0 Å². The highest BCUT2D eigenvalue weighted by atomic mass is 16.5. The second-order valence-electron chi connectivity index (χ2n) is 10.4. The van der Waals surface area contributed by atoms with Gasteiger partial charge < -0.3 is 19.7 Å². The summed E-state index contributed by atoms with van der Waals surface area (Å²) in [6, 6.07) is 23.4. The lowest BCUT2D eigenvalue weighted by Gasteiger charge is -2.32. The van der Waals surface area contributed by atoms with Gasteiger partial charge in [-0.25, -0.2) is 0 Å². The highest BCUT2D eigenvalue weighted by Gasteiger charge is 2.32. The Balaban J connectivity index is 1.60. The molecule has 1 aliphatic rings. The van der Waals surface area contributed by atoms with Gasteiger partial charge in [-0.15, -0.1) is 0 Å². The van der Waals surface area contributed by atoms with Gasteiger partial charge in [-0.05, 0) is 55.0 Å². The van der Waals surface area contributed by atoms with E-state index in [1.807, 2.05) is 79.7 Å². The summed E-state index contributed by atoms with van der Waals surface area (Å²) in [6.07, 6.45) is 5.53. The maximum absolute atomic E-state index is 13.9. The number of carbonyl (C=O) groups is 2. The molecule has 1 aliphatic carbocycles. The largest absolute Gasteiger partial charge is 0.493 e. The number of hydrogen-bond donors (Lipinski definition) is 1. The first kappa shape index (κ1) is 28.2. The molecule has 0 heterocycles. The molecule has 0 radical (unpaired) electrons. The number of nitrogens with zero attached hydrogens (tertiary/aromatic N) is 1. The Kier molecular flexibility index (Phi) is 10.0. The minimum absolute atomic E-state index is 0.0483. The molecule has 0 saturated heterocycles. The Morgan fingerprint density at radius 2 is 1.54 bits per heavy atom. The standard InChI is InChI=1S/C33H40N2O4/c1-24-13-15-27(16-14-24)23-35(32(36)20-18-26-17-19-30(38-2)31(22-26)39-3)29(21-25-9-5-4-6-10-25)33(37)34-28-11-7-8-12-28/h4-6,9-10,13-17,19,22,28-29H,7-8,11-12,18,20-21,23H2,1-3H3,(H,34,37). The Bertz CT molecular complexity index is 1220. The summed E-state index contributed by atoms with van der Waals surface area (Å²) in [5, 5.41) is 3.27. The normalized spacial score (nSPS) is 14.0. The van der Waals surface area contributed by atoms with Gasteiger partial charge in [0.15, 0.2) is 11.5 Å². The summed E-state index contributed by atoms with van der Waals surface area (Å²) in [4.78, 5) is 29.5. The second kappa shape index (κ2) is 13.8. The van der Waals surface area contributed by atoms with E-state index < -0.39 is 6.04 Å². The van der Waals surface area contributed by atoms with Crippen molar-refractivity contribution in [3.8, 4) is 11.5 Å². The van der Waals surface area contributed by atoms with Crippen molar-refractivity contribution in [1.29, 1.82) is 0 Å². The highest BCUT2D eigenvalue weighted by Crippen LogP contribution is 2.28. The van der Waals surface area contributed by atoms with Crippen LogP contribution in [0.2, 0.25) is 0 Å². The molecule has 1 N–H and O–H groups in total. The van der Waals surface area contributed by atoms with E-state index in [1.54, 1.807) is 19.1 Å². The number of carbonyl (C=O) groups excluding carboxylic acids is 2. The first-order valence-electron chi connectivity index (χ1n) is 13.9. The molecule has 4 rings (SSSR count). The number of methoxy groups -OCH3 is 2. The molecule has 206 valence electrons. The summed E-state index contributed by atoms with van der Waals surface area (Å²) >= 11 is 0. The number of amides is 2. The fourth-order valence-electron chi connectivity index (χ4n) is 5.24.